The predicted molar refractivity (Wildman–Crippen MR) is 80.6 cm³/mol. The molecule has 108 valence electrons. The molecule has 0 aliphatic rings. The number of amides is 2. The van der Waals surface area contributed by atoms with Crippen molar-refractivity contribution in [1.29, 1.82) is 0 Å². The number of halogens is 2. The number of rotatable bonds is 3. The molecule has 0 aliphatic carbocycles. The van der Waals surface area contributed by atoms with Gasteiger partial charge in [-0.3, -0.25) is 9.59 Å². The first kappa shape index (κ1) is 15.1. The Bertz CT molecular complexity index is 706. The number of anilines is 2. The van der Waals surface area contributed by atoms with Gasteiger partial charge in [0.05, 0.1) is 5.69 Å². The van der Waals surface area contributed by atoms with E-state index in [1.54, 1.807) is 0 Å². The SMILES string of the molecule is CC(=O)Nc1ccc(F)c(NC(=O)c2ccnc(Br)c2)c1. The van der Waals surface area contributed by atoms with Crippen LogP contribution < -0.4 is 10.6 Å². The first-order valence-electron chi connectivity index (χ1n) is 5.96. The Kier molecular flexibility index (Phi) is 4.64. The maximum Gasteiger partial charge on any atom is 0.255 e. The second kappa shape index (κ2) is 6.45. The third-order valence-electron chi connectivity index (χ3n) is 2.52. The smallest absolute Gasteiger partial charge is 0.255 e. The van der Waals surface area contributed by atoms with E-state index < -0.39 is 11.7 Å². The molecule has 0 radical (unpaired) electrons. The zero-order chi connectivity index (χ0) is 15.4. The van der Waals surface area contributed by atoms with Crippen LogP contribution in [0.1, 0.15) is 17.3 Å². The Balaban J connectivity index is 2.22. The highest BCUT2D eigenvalue weighted by molar-refractivity contribution is 9.10. The quantitative estimate of drug-likeness (QED) is 0.834. The summed E-state index contributed by atoms with van der Waals surface area (Å²) in [7, 11) is 0. The van der Waals surface area contributed by atoms with Gasteiger partial charge in [0, 0.05) is 24.4 Å². The number of benzene rings is 1. The van der Waals surface area contributed by atoms with Crippen LogP contribution in [0.3, 0.4) is 0 Å². The van der Waals surface area contributed by atoms with Crippen molar-refractivity contribution in [1.82, 2.24) is 4.98 Å². The van der Waals surface area contributed by atoms with Crippen LogP contribution in [0.15, 0.2) is 41.1 Å². The Morgan fingerprint density at radius 2 is 1.95 bits per heavy atom. The van der Waals surface area contributed by atoms with Crippen LogP contribution in [0.5, 0.6) is 0 Å². The fourth-order valence-corrected chi connectivity index (χ4v) is 2.01. The fourth-order valence-electron chi connectivity index (χ4n) is 1.64. The van der Waals surface area contributed by atoms with Crippen LogP contribution in [-0.4, -0.2) is 16.8 Å². The van der Waals surface area contributed by atoms with Gasteiger partial charge in [-0.1, -0.05) is 0 Å². The molecule has 21 heavy (non-hydrogen) atoms. The van der Waals surface area contributed by atoms with Crippen molar-refractivity contribution in [2.75, 3.05) is 10.6 Å². The van der Waals surface area contributed by atoms with Crippen LogP contribution in [-0.2, 0) is 4.79 Å². The maximum absolute atomic E-state index is 13.7. The van der Waals surface area contributed by atoms with Crippen molar-refractivity contribution in [2.45, 2.75) is 6.92 Å². The topological polar surface area (TPSA) is 71.1 Å². The lowest BCUT2D eigenvalue weighted by Crippen LogP contribution is -2.14. The Morgan fingerprint density at radius 1 is 1.19 bits per heavy atom. The summed E-state index contributed by atoms with van der Waals surface area (Å²) in [5, 5.41) is 4.97. The first-order valence-corrected chi connectivity index (χ1v) is 6.75. The Hall–Kier alpha value is -2.28. The van der Waals surface area contributed by atoms with Crippen molar-refractivity contribution >= 4 is 39.1 Å². The standard InChI is InChI=1S/C14H11BrFN3O2/c1-8(20)18-10-2-3-11(16)12(7-10)19-14(21)9-4-5-17-13(15)6-9/h2-7H,1H3,(H,18,20)(H,19,21). The van der Waals surface area contributed by atoms with Crippen molar-refractivity contribution in [3.05, 3.63) is 52.5 Å². The van der Waals surface area contributed by atoms with E-state index in [1.807, 2.05) is 0 Å². The normalized spacial score (nSPS) is 10.0. The first-order chi connectivity index (χ1) is 9.95. The van der Waals surface area contributed by atoms with Crippen LogP contribution in [0.4, 0.5) is 15.8 Å². The molecule has 0 spiro atoms. The molecule has 1 aromatic carbocycles. The molecule has 1 aromatic heterocycles. The number of nitrogens with zero attached hydrogens (tertiary/aromatic N) is 1. The van der Waals surface area contributed by atoms with Crippen LogP contribution in [0, 0.1) is 5.82 Å². The van der Waals surface area contributed by atoms with Gasteiger partial charge in [0.15, 0.2) is 0 Å². The van der Waals surface area contributed by atoms with Crippen molar-refractivity contribution in [3.63, 3.8) is 0 Å². The zero-order valence-corrected chi connectivity index (χ0v) is 12.6. The van der Waals surface area contributed by atoms with E-state index in [0.29, 0.717) is 15.9 Å². The molecule has 0 fully saturated rings. The molecule has 7 heteroatoms. The van der Waals surface area contributed by atoms with E-state index in [2.05, 4.69) is 31.5 Å². The molecule has 0 bridgehead atoms. The number of hydrogen-bond donors (Lipinski definition) is 2. The van der Waals surface area contributed by atoms with Gasteiger partial charge >= 0.3 is 0 Å². The summed E-state index contributed by atoms with van der Waals surface area (Å²) in [6.07, 6.45) is 1.46. The largest absolute Gasteiger partial charge is 0.326 e. The highest BCUT2D eigenvalue weighted by Crippen LogP contribution is 2.20. The van der Waals surface area contributed by atoms with Gasteiger partial charge in [-0.05, 0) is 46.3 Å². The molecule has 0 saturated carbocycles. The van der Waals surface area contributed by atoms with Crippen LogP contribution in [0.25, 0.3) is 0 Å². The van der Waals surface area contributed by atoms with Gasteiger partial charge in [0.25, 0.3) is 5.91 Å². The van der Waals surface area contributed by atoms with E-state index in [0.717, 1.165) is 0 Å². The highest BCUT2D eigenvalue weighted by atomic mass is 79.9. The average Bonchev–Trinajstić information content (AvgIpc) is 2.42. The maximum atomic E-state index is 13.7. The average molecular weight is 352 g/mol. The Labute approximate surface area is 128 Å². The van der Waals surface area contributed by atoms with Crippen molar-refractivity contribution in [3.8, 4) is 0 Å². The van der Waals surface area contributed by atoms with Gasteiger partial charge < -0.3 is 10.6 Å². The highest BCUT2D eigenvalue weighted by Gasteiger charge is 2.11. The molecule has 2 rings (SSSR count). The van der Waals surface area contributed by atoms with E-state index in [1.165, 1.54) is 43.5 Å². The molecule has 0 saturated heterocycles. The lowest BCUT2D eigenvalue weighted by molar-refractivity contribution is -0.114. The molecule has 0 aliphatic heterocycles. The predicted octanol–water partition coefficient (Wildman–Crippen LogP) is 3.19. The molecule has 1 heterocycles. The van der Waals surface area contributed by atoms with Crippen molar-refractivity contribution < 1.29 is 14.0 Å². The number of carbonyl (C=O) groups excluding carboxylic acids is 2. The molecule has 0 unspecified atom stereocenters. The summed E-state index contributed by atoms with van der Waals surface area (Å²) in [4.78, 5) is 26.9. The molecular formula is C14H11BrFN3O2. The van der Waals surface area contributed by atoms with E-state index in [9.17, 15) is 14.0 Å². The number of hydrogen-bond acceptors (Lipinski definition) is 3. The number of pyridine rings is 1. The summed E-state index contributed by atoms with van der Waals surface area (Å²) < 4.78 is 14.2. The molecule has 0 atom stereocenters. The van der Waals surface area contributed by atoms with Gasteiger partial charge in [-0.15, -0.1) is 0 Å². The van der Waals surface area contributed by atoms with Crippen LogP contribution in [0.2, 0.25) is 0 Å². The molecular weight excluding hydrogens is 341 g/mol. The van der Waals surface area contributed by atoms with E-state index >= 15 is 0 Å². The Morgan fingerprint density at radius 3 is 2.62 bits per heavy atom. The number of aromatic nitrogens is 1. The summed E-state index contributed by atoms with van der Waals surface area (Å²) in [5.74, 6) is -1.35. The molecule has 2 amide bonds. The minimum Gasteiger partial charge on any atom is -0.326 e. The molecule has 2 N–H and O–H groups in total. The second-order valence-electron chi connectivity index (χ2n) is 4.20. The molecule has 2 aromatic rings. The summed E-state index contributed by atoms with van der Waals surface area (Å²) in [6.45, 7) is 1.34. The lowest BCUT2D eigenvalue weighted by atomic mass is 10.2. The lowest BCUT2D eigenvalue weighted by Gasteiger charge is -2.09. The monoisotopic (exact) mass is 351 g/mol. The second-order valence-corrected chi connectivity index (χ2v) is 5.01. The minimum absolute atomic E-state index is 0.0146. The number of carbonyl (C=O) groups is 2. The third-order valence-corrected chi connectivity index (χ3v) is 2.96. The third kappa shape index (κ3) is 4.09. The molecule has 5 nitrogen and oxygen atoms in total. The van der Waals surface area contributed by atoms with E-state index in [4.69, 9.17) is 0 Å². The fraction of sp³-hybridized carbons (Fsp3) is 0.0714. The van der Waals surface area contributed by atoms with Crippen molar-refractivity contribution in [2.24, 2.45) is 0 Å². The summed E-state index contributed by atoms with van der Waals surface area (Å²) >= 11 is 3.16. The van der Waals surface area contributed by atoms with E-state index in [-0.39, 0.29) is 11.6 Å². The van der Waals surface area contributed by atoms with Crippen LogP contribution >= 0.6 is 15.9 Å². The summed E-state index contributed by atoms with van der Waals surface area (Å²) in [6, 6.07) is 6.96. The van der Waals surface area contributed by atoms with Gasteiger partial charge in [0.2, 0.25) is 5.91 Å². The van der Waals surface area contributed by atoms with Gasteiger partial charge in [-0.2, -0.15) is 0 Å². The summed E-state index contributed by atoms with van der Waals surface area (Å²) in [5.41, 5.74) is 0.718. The van der Waals surface area contributed by atoms with Gasteiger partial charge in [-0.25, -0.2) is 9.37 Å². The minimum atomic E-state index is -0.592. The zero-order valence-electron chi connectivity index (χ0n) is 11.0. The number of nitrogens with one attached hydrogen (secondary N) is 2. The van der Waals surface area contributed by atoms with Gasteiger partial charge in [0.1, 0.15) is 10.4 Å².